The topological polar surface area (TPSA) is 53.6 Å². The molecule has 0 aromatic heterocycles. The molecule has 1 amide bonds. The molecule has 1 aromatic rings. The number of hydrogen-bond acceptors (Lipinski definition) is 4. The molecule has 144 valence electrons. The first-order chi connectivity index (χ1) is 11.2. The second-order valence-corrected chi connectivity index (χ2v) is 6.04. The fourth-order valence-corrected chi connectivity index (χ4v) is 3.06. The molecular formula is C18H31Cl2N3O2. The molecule has 1 fully saturated rings. The van der Waals surface area contributed by atoms with E-state index in [-0.39, 0.29) is 36.8 Å². The molecule has 0 bridgehead atoms. The van der Waals surface area contributed by atoms with Gasteiger partial charge in [-0.05, 0) is 63.6 Å². The molecule has 1 aromatic carbocycles. The van der Waals surface area contributed by atoms with Crippen LogP contribution in [0.3, 0.4) is 0 Å². The number of nitrogens with one attached hydrogen (secondary N) is 2. The summed E-state index contributed by atoms with van der Waals surface area (Å²) in [5, 5.41) is 6.18. The van der Waals surface area contributed by atoms with Gasteiger partial charge in [-0.25, -0.2) is 0 Å². The molecule has 1 aliphatic heterocycles. The number of hydrogen-bond donors (Lipinski definition) is 2. The minimum Gasteiger partial charge on any atom is -0.497 e. The Hall–Kier alpha value is -1.01. The van der Waals surface area contributed by atoms with E-state index in [1.807, 2.05) is 19.2 Å². The smallest absolute Gasteiger partial charge is 0.220 e. The highest BCUT2D eigenvalue weighted by Crippen LogP contribution is 2.26. The summed E-state index contributed by atoms with van der Waals surface area (Å²) < 4.78 is 5.24. The summed E-state index contributed by atoms with van der Waals surface area (Å²) in [4.78, 5) is 14.5. The highest BCUT2D eigenvalue weighted by molar-refractivity contribution is 5.85. The summed E-state index contributed by atoms with van der Waals surface area (Å²) in [7, 11) is 3.59. The van der Waals surface area contributed by atoms with Crippen molar-refractivity contribution in [1.29, 1.82) is 0 Å². The van der Waals surface area contributed by atoms with Crippen molar-refractivity contribution in [2.24, 2.45) is 0 Å². The minimum atomic E-state index is 0. The summed E-state index contributed by atoms with van der Waals surface area (Å²) in [6, 6.07) is 8.45. The van der Waals surface area contributed by atoms with Crippen molar-refractivity contribution in [2.75, 3.05) is 40.3 Å². The lowest BCUT2D eigenvalue weighted by Crippen LogP contribution is -2.36. The van der Waals surface area contributed by atoms with Crippen LogP contribution in [0.5, 0.6) is 5.75 Å². The number of rotatable bonds is 9. The Balaban J connectivity index is 0.00000288. The minimum absolute atomic E-state index is 0. The number of nitrogens with zero attached hydrogens (tertiary/aromatic N) is 1. The summed E-state index contributed by atoms with van der Waals surface area (Å²) >= 11 is 0. The van der Waals surface area contributed by atoms with Crippen LogP contribution in [0.1, 0.15) is 37.3 Å². The van der Waals surface area contributed by atoms with Crippen LogP contribution >= 0.6 is 24.8 Å². The maximum atomic E-state index is 12.0. The molecule has 0 radical (unpaired) electrons. The van der Waals surface area contributed by atoms with E-state index in [0.717, 1.165) is 31.8 Å². The van der Waals surface area contributed by atoms with Gasteiger partial charge in [-0.3, -0.25) is 9.69 Å². The number of halogens is 2. The zero-order valence-electron chi connectivity index (χ0n) is 15.1. The van der Waals surface area contributed by atoms with Crippen LogP contribution in [0.2, 0.25) is 0 Å². The van der Waals surface area contributed by atoms with Crippen LogP contribution in [0.15, 0.2) is 24.3 Å². The average molecular weight is 392 g/mol. The Kier molecular flexibility index (Phi) is 12.7. The Morgan fingerprint density at radius 1 is 1.20 bits per heavy atom. The van der Waals surface area contributed by atoms with Gasteiger partial charge in [0.25, 0.3) is 0 Å². The zero-order chi connectivity index (χ0) is 16.5. The lowest BCUT2D eigenvalue weighted by atomic mass is 10.1. The normalized spacial score (nSPS) is 15.0. The van der Waals surface area contributed by atoms with Crippen LogP contribution < -0.4 is 15.4 Å². The first kappa shape index (κ1) is 24.0. The number of methoxy groups -OCH3 is 1. The van der Waals surface area contributed by atoms with Crippen molar-refractivity contribution >= 4 is 30.7 Å². The Morgan fingerprint density at radius 2 is 1.84 bits per heavy atom. The van der Waals surface area contributed by atoms with Crippen molar-refractivity contribution in [3.8, 4) is 5.75 Å². The predicted molar refractivity (Wildman–Crippen MR) is 107 cm³/mol. The standard InChI is InChI=1S/C18H29N3O2.2ClH/c1-19-11-5-6-18(22)20-14-17(21-12-3-4-13-21)15-7-9-16(23-2)10-8-15;;/h7-10,17,19H,3-6,11-14H2,1-2H3,(H,20,22);2*1H. The van der Waals surface area contributed by atoms with Gasteiger partial charge in [-0.15, -0.1) is 24.8 Å². The van der Waals surface area contributed by atoms with Crippen LogP contribution in [0, 0.1) is 0 Å². The number of carbonyl (C=O) groups is 1. The van der Waals surface area contributed by atoms with Gasteiger partial charge in [0.15, 0.2) is 0 Å². The highest BCUT2D eigenvalue weighted by atomic mass is 35.5. The molecule has 2 N–H and O–H groups in total. The molecule has 2 rings (SSSR count). The second kappa shape index (κ2) is 13.2. The monoisotopic (exact) mass is 391 g/mol. The van der Waals surface area contributed by atoms with Gasteiger partial charge >= 0.3 is 0 Å². The molecule has 1 atom stereocenters. The van der Waals surface area contributed by atoms with Gasteiger partial charge in [-0.2, -0.15) is 0 Å². The largest absolute Gasteiger partial charge is 0.497 e. The fourth-order valence-electron chi connectivity index (χ4n) is 3.06. The third-order valence-corrected chi connectivity index (χ3v) is 4.41. The van der Waals surface area contributed by atoms with Gasteiger partial charge < -0.3 is 15.4 Å². The van der Waals surface area contributed by atoms with Crippen LogP contribution in [-0.2, 0) is 4.79 Å². The molecule has 5 nitrogen and oxygen atoms in total. The molecule has 1 unspecified atom stereocenters. The van der Waals surface area contributed by atoms with E-state index in [2.05, 4.69) is 27.7 Å². The second-order valence-electron chi connectivity index (χ2n) is 6.04. The molecule has 7 heteroatoms. The van der Waals surface area contributed by atoms with Crippen molar-refractivity contribution in [2.45, 2.75) is 31.7 Å². The van der Waals surface area contributed by atoms with Crippen LogP contribution in [-0.4, -0.2) is 51.1 Å². The van der Waals surface area contributed by atoms with E-state index in [9.17, 15) is 4.79 Å². The van der Waals surface area contributed by atoms with Gasteiger partial charge in [-0.1, -0.05) is 12.1 Å². The summed E-state index contributed by atoms with van der Waals surface area (Å²) in [5.74, 6) is 1.00. The zero-order valence-corrected chi connectivity index (χ0v) is 16.8. The molecule has 25 heavy (non-hydrogen) atoms. The number of ether oxygens (including phenoxy) is 1. The van der Waals surface area contributed by atoms with Gasteiger partial charge in [0.2, 0.25) is 5.91 Å². The molecule has 1 heterocycles. The predicted octanol–water partition coefficient (Wildman–Crippen LogP) is 2.79. The highest BCUT2D eigenvalue weighted by Gasteiger charge is 2.23. The molecule has 1 saturated heterocycles. The van der Waals surface area contributed by atoms with E-state index >= 15 is 0 Å². The molecule has 0 aliphatic carbocycles. The maximum absolute atomic E-state index is 12.0. The average Bonchev–Trinajstić information content (AvgIpc) is 3.10. The Morgan fingerprint density at radius 3 is 2.40 bits per heavy atom. The number of carbonyl (C=O) groups excluding carboxylic acids is 1. The summed E-state index contributed by atoms with van der Waals surface area (Å²) in [5.41, 5.74) is 1.24. The number of benzene rings is 1. The Labute approximate surface area is 163 Å². The summed E-state index contributed by atoms with van der Waals surface area (Å²) in [6.45, 7) is 3.75. The Bertz CT molecular complexity index is 480. The van der Waals surface area contributed by atoms with Crippen molar-refractivity contribution < 1.29 is 9.53 Å². The van der Waals surface area contributed by atoms with Gasteiger partial charge in [0.05, 0.1) is 13.2 Å². The molecule has 1 aliphatic rings. The van der Waals surface area contributed by atoms with Crippen molar-refractivity contribution in [1.82, 2.24) is 15.5 Å². The molecule has 0 saturated carbocycles. The quantitative estimate of drug-likeness (QED) is 0.635. The maximum Gasteiger partial charge on any atom is 0.220 e. The van der Waals surface area contributed by atoms with Crippen LogP contribution in [0.25, 0.3) is 0 Å². The molecular weight excluding hydrogens is 361 g/mol. The van der Waals surface area contributed by atoms with E-state index < -0.39 is 0 Å². The number of likely N-dealkylation sites (tertiary alicyclic amines) is 1. The van der Waals surface area contributed by atoms with Crippen molar-refractivity contribution in [3.63, 3.8) is 0 Å². The number of amides is 1. The molecule has 0 spiro atoms. The van der Waals surface area contributed by atoms with E-state index in [0.29, 0.717) is 13.0 Å². The summed E-state index contributed by atoms with van der Waals surface area (Å²) in [6.07, 6.45) is 3.93. The van der Waals surface area contributed by atoms with Crippen molar-refractivity contribution in [3.05, 3.63) is 29.8 Å². The van der Waals surface area contributed by atoms with E-state index in [4.69, 9.17) is 4.74 Å². The SMILES string of the molecule is CNCCCC(=O)NCC(c1ccc(OC)cc1)N1CCCC1.Cl.Cl. The van der Waals surface area contributed by atoms with E-state index in [1.54, 1.807) is 7.11 Å². The lowest BCUT2D eigenvalue weighted by Gasteiger charge is -2.28. The third-order valence-electron chi connectivity index (χ3n) is 4.41. The fraction of sp³-hybridized carbons (Fsp3) is 0.611. The van der Waals surface area contributed by atoms with Gasteiger partial charge in [0.1, 0.15) is 5.75 Å². The van der Waals surface area contributed by atoms with E-state index in [1.165, 1.54) is 18.4 Å². The third kappa shape index (κ3) is 7.82. The first-order valence-corrected chi connectivity index (χ1v) is 8.54. The van der Waals surface area contributed by atoms with Crippen LogP contribution in [0.4, 0.5) is 0 Å². The first-order valence-electron chi connectivity index (χ1n) is 8.54. The van der Waals surface area contributed by atoms with Gasteiger partial charge in [0, 0.05) is 13.0 Å². The lowest BCUT2D eigenvalue weighted by molar-refractivity contribution is -0.121.